The van der Waals surface area contributed by atoms with E-state index >= 15 is 0 Å². The summed E-state index contributed by atoms with van der Waals surface area (Å²) < 4.78 is 31.7. The van der Waals surface area contributed by atoms with Gasteiger partial charge < -0.3 is 9.45 Å². The molecule has 0 aliphatic carbocycles. The Morgan fingerprint density at radius 1 is 1.24 bits per heavy atom. The van der Waals surface area contributed by atoms with Crippen LogP contribution in [0.1, 0.15) is 20.3 Å². The predicted molar refractivity (Wildman–Crippen MR) is 73.6 cm³/mol. The third kappa shape index (κ3) is 6.45. The summed E-state index contributed by atoms with van der Waals surface area (Å²) in [6, 6.07) is 0. The summed E-state index contributed by atoms with van der Waals surface area (Å²) in [6.07, 6.45) is 3.66. The van der Waals surface area contributed by atoms with Gasteiger partial charge in [-0.2, -0.15) is 9.69 Å². The summed E-state index contributed by atoms with van der Waals surface area (Å²) in [7, 11) is -4.20. The van der Waals surface area contributed by atoms with Crippen molar-refractivity contribution in [1.29, 1.82) is 0 Å². The van der Waals surface area contributed by atoms with E-state index in [1.807, 2.05) is 18.7 Å². The minimum atomic E-state index is -4.20. The molecule has 0 radical (unpaired) electrons. The molecule has 0 atom stereocenters. The Bertz CT molecular complexity index is 640. The minimum Gasteiger partial charge on any atom is -0.748 e. The summed E-state index contributed by atoms with van der Waals surface area (Å²) in [5.41, 5.74) is 2.18. The van der Waals surface area contributed by atoms with Gasteiger partial charge in [-0.15, -0.1) is 0 Å². The first kappa shape index (κ1) is 20.5. The Balaban J connectivity index is 0.00000400. The fourth-order valence-corrected chi connectivity index (χ4v) is 2.44. The Hall–Kier alpha value is -0.454. The molecule has 0 amide bonds. The smallest absolute Gasteiger partial charge is 0.748 e. The van der Waals surface area contributed by atoms with Gasteiger partial charge >= 0.3 is 57.2 Å². The molecule has 1 aliphatic rings. The molecule has 106 valence electrons. The average molecular weight is 331 g/mol. The van der Waals surface area contributed by atoms with Crippen LogP contribution >= 0.6 is 0 Å². The van der Waals surface area contributed by atoms with E-state index in [0.29, 0.717) is 12.1 Å². The summed E-state index contributed by atoms with van der Waals surface area (Å²) in [5, 5.41) is 0. The number of hydrogen-bond donors (Lipinski definition) is 0. The molecule has 0 unspecified atom stereocenters. The van der Waals surface area contributed by atoms with Gasteiger partial charge in [-0.05, 0) is 32.4 Å². The summed E-state index contributed by atoms with van der Waals surface area (Å²) in [5.74, 6) is -0.396. The standard InChI is InChI=1S/C13H15N3O3S.K/c1-10-8-12(13(14-3)15-4)9-11(2)16(10)6-5-7-20(17,18)19;/h8-9H,5-7H2,1-2H3,(H,17,18,19);/q;+1/p-1. The summed E-state index contributed by atoms with van der Waals surface area (Å²) >= 11 is 0. The Morgan fingerprint density at radius 2 is 1.71 bits per heavy atom. The van der Waals surface area contributed by atoms with Crippen LogP contribution in [0.2, 0.25) is 0 Å². The maximum Gasteiger partial charge on any atom is 1.00 e. The van der Waals surface area contributed by atoms with Crippen molar-refractivity contribution in [2.75, 3.05) is 12.3 Å². The first-order valence-corrected chi connectivity index (χ1v) is 7.43. The van der Waals surface area contributed by atoms with Crippen molar-refractivity contribution in [2.45, 2.75) is 20.3 Å². The largest absolute Gasteiger partial charge is 1.00 e. The molecule has 0 N–H and O–H groups in total. The SMILES string of the molecule is [C-]#[N+]C([N+]#[C-])=C1C=C(C)N(CCCS(=O)(=O)[O-])C(C)=C1.[K+]. The molecule has 1 rings (SSSR count). The van der Waals surface area contributed by atoms with Gasteiger partial charge in [-0.3, -0.25) is 0 Å². The van der Waals surface area contributed by atoms with Gasteiger partial charge in [0.2, 0.25) is 0 Å². The molecule has 0 aromatic heterocycles. The van der Waals surface area contributed by atoms with Crippen molar-refractivity contribution in [3.05, 3.63) is 57.8 Å². The second-order valence-electron chi connectivity index (χ2n) is 4.34. The summed E-state index contributed by atoms with van der Waals surface area (Å²) in [4.78, 5) is 8.19. The molecule has 6 nitrogen and oxygen atoms in total. The predicted octanol–water partition coefficient (Wildman–Crippen LogP) is -0.901. The van der Waals surface area contributed by atoms with Gasteiger partial charge in [0.25, 0.3) is 0 Å². The second-order valence-corrected chi connectivity index (χ2v) is 5.86. The molecule has 0 saturated carbocycles. The molecule has 0 bridgehead atoms. The number of allylic oxidation sites excluding steroid dienone is 5. The van der Waals surface area contributed by atoms with Crippen LogP contribution < -0.4 is 51.4 Å². The second kappa shape index (κ2) is 8.86. The van der Waals surface area contributed by atoms with Crippen molar-refractivity contribution in [1.82, 2.24) is 4.90 Å². The first-order chi connectivity index (χ1) is 9.28. The van der Waals surface area contributed by atoms with Gasteiger partial charge in [-0.25, -0.2) is 8.42 Å². The fraction of sp³-hybridized carbons (Fsp3) is 0.385. The molecule has 0 saturated heterocycles. The van der Waals surface area contributed by atoms with E-state index in [1.165, 1.54) is 0 Å². The van der Waals surface area contributed by atoms with Crippen molar-refractivity contribution in [3.8, 4) is 0 Å². The third-order valence-corrected chi connectivity index (χ3v) is 3.62. The zero-order chi connectivity index (χ0) is 15.3. The normalized spacial score (nSPS) is 14.3. The van der Waals surface area contributed by atoms with Gasteiger partial charge in [0.05, 0.1) is 15.7 Å². The number of rotatable bonds is 4. The molecule has 21 heavy (non-hydrogen) atoms. The number of nitrogens with zero attached hydrogens (tertiary/aromatic N) is 3. The van der Waals surface area contributed by atoms with Crippen LogP contribution in [0.3, 0.4) is 0 Å². The average Bonchev–Trinajstić information content (AvgIpc) is 2.33. The van der Waals surface area contributed by atoms with Crippen molar-refractivity contribution < 1.29 is 64.4 Å². The van der Waals surface area contributed by atoms with E-state index in [0.717, 1.165) is 11.4 Å². The molecule has 0 aromatic rings. The fourth-order valence-electron chi connectivity index (χ4n) is 1.96. The Morgan fingerprint density at radius 3 is 2.10 bits per heavy atom. The van der Waals surface area contributed by atoms with Crippen LogP contribution in [0.15, 0.2) is 34.9 Å². The van der Waals surface area contributed by atoms with E-state index in [4.69, 9.17) is 13.1 Å². The monoisotopic (exact) mass is 331 g/mol. The van der Waals surface area contributed by atoms with Crippen LogP contribution in [0.4, 0.5) is 0 Å². The molecule has 0 aromatic carbocycles. The van der Waals surface area contributed by atoms with E-state index < -0.39 is 15.9 Å². The van der Waals surface area contributed by atoms with Crippen LogP contribution in [-0.2, 0) is 10.1 Å². The van der Waals surface area contributed by atoms with Gasteiger partial charge in [-0.1, -0.05) is 0 Å². The number of hydrogen-bond acceptors (Lipinski definition) is 4. The Labute approximate surface area is 168 Å². The van der Waals surface area contributed by atoms with Crippen molar-refractivity contribution in [2.24, 2.45) is 0 Å². The maximum atomic E-state index is 10.6. The molecule has 8 heteroatoms. The Kier molecular flexibility index (Phi) is 8.67. The minimum absolute atomic E-state index is 0. The van der Waals surface area contributed by atoms with Crippen LogP contribution in [0.5, 0.6) is 0 Å². The molecule has 1 heterocycles. The van der Waals surface area contributed by atoms with Gasteiger partial charge in [0.15, 0.2) is 0 Å². The van der Waals surface area contributed by atoms with E-state index in [9.17, 15) is 13.0 Å². The molecule has 0 fully saturated rings. The topological polar surface area (TPSA) is 69.2 Å². The maximum absolute atomic E-state index is 10.6. The quantitative estimate of drug-likeness (QED) is 0.380. The van der Waals surface area contributed by atoms with E-state index in [-0.39, 0.29) is 63.6 Å². The van der Waals surface area contributed by atoms with Gasteiger partial charge in [0, 0.05) is 23.7 Å². The molecule has 0 spiro atoms. The van der Waals surface area contributed by atoms with Gasteiger partial charge in [0.1, 0.15) is 13.1 Å². The van der Waals surface area contributed by atoms with Crippen LogP contribution in [-0.4, -0.2) is 30.2 Å². The first-order valence-electron chi connectivity index (χ1n) is 5.85. The molecular formula is C13H14KN3O3S. The van der Waals surface area contributed by atoms with E-state index in [2.05, 4.69) is 9.69 Å². The molecular weight excluding hydrogens is 317 g/mol. The van der Waals surface area contributed by atoms with Crippen LogP contribution in [0, 0.1) is 13.1 Å². The van der Waals surface area contributed by atoms with E-state index in [1.54, 1.807) is 12.2 Å². The van der Waals surface area contributed by atoms with Crippen LogP contribution in [0.25, 0.3) is 9.69 Å². The molecule has 1 aliphatic heterocycles. The van der Waals surface area contributed by atoms with Crippen molar-refractivity contribution >= 4 is 10.1 Å². The zero-order valence-electron chi connectivity index (χ0n) is 12.3. The zero-order valence-corrected chi connectivity index (χ0v) is 16.2. The summed E-state index contributed by atoms with van der Waals surface area (Å²) in [6.45, 7) is 17.9. The van der Waals surface area contributed by atoms with Crippen molar-refractivity contribution in [3.63, 3.8) is 0 Å². The third-order valence-electron chi connectivity index (χ3n) is 2.83.